The molecule has 1 aliphatic heterocycles. The quantitative estimate of drug-likeness (QED) is 0.569. The number of nitrogens with one attached hydrogen (secondary N) is 1. The minimum absolute atomic E-state index is 0.0329. The van der Waals surface area contributed by atoms with Crippen molar-refractivity contribution in [2.75, 3.05) is 26.3 Å². The van der Waals surface area contributed by atoms with E-state index in [2.05, 4.69) is 5.32 Å². The van der Waals surface area contributed by atoms with E-state index in [4.69, 9.17) is 16.3 Å². The third kappa shape index (κ3) is 5.28. The second-order valence-electron chi connectivity index (χ2n) is 7.89. The Morgan fingerprint density at radius 3 is 2.27 bits per heavy atom. The smallest absolute Gasteiger partial charge is 0.253 e. The molecule has 33 heavy (non-hydrogen) atoms. The summed E-state index contributed by atoms with van der Waals surface area (Å²) in [5.74, 6) is -0.451. The van der Waals surface area contributed by atoms with Gasteiger partial charge in [0.25, 0.3) is 5.91 Å². The van der Waals surface area contributed by atoms with Gasteiger partial charge in [-0.15, -0.1) is 0 Å². The van der Waals surface area contributed by atoms with E-state index >= 15 is 0 Å². The van der Waals surface area contributed by atoms with Crippen molar-refractivity contribution in [1.29, 1.82) is 0 Å². The Hall–Kier alpha value is -2.71. The van der Waals surface area contributed by atoms with Crippen LogP contribution in [0.4, 0.5) is 0 Å². The van der Waals surface area contributed by atoms with Gasteiger partial charge in [-0.05, 0) is 36.2 Å². The summed E-state index contributed by atoms with van der Waals surface area (Å²) in [4.78, 5) is 13.4. The normalized spacial score (nSPS) is 15.7. The number of carbonyl (C=O) groups excluding carboxylic acids is 1. The lowest BCUT2D eigenvalue weighted by molar-refractivity contribution is 0.0730. The van der Waals surface area contributed by atoms with Crippen molar-refractivity contribution in [3.8, 4) is 0 Å². The van der Waals surface area contributed by atoms with E-state index in [9.17, 15) is 13.2 Å². The first-order valence-electron chi connectivity index (χ1n) is 10.7. The van der Waals surface area contributed by atoms with Crippen LogP contribution in [0.3, 0.4) is 0 Å². The summed E-state index contributed by atoms with van der Waals surface area (Å²) in [6.07, 6.45) is 0. The first-order valence-corrected chi connectivity index (χ1v) is 12.5. The Bertz CT molecular complexity index is 1230. The van der Waals surface area contributed by atoms with Gasteiger partial charge in [-0.25, -0.2) is 8.42 Å². The third-order valence-electron chi connectivity index (χ3n) is 5.61. The van der Waals surface area contributed by atoms with Crippen molar-refractivity contribution in [3.05, 3.63) is 100 Å². The van der Waals surface area contributed by atoms with Gasteiger partial charge in [0.15, 0.2) is 0 Å². The van der Waals surface area contributed by atoms with Crippen LogP contribution in [0, 0.1) is 6.92 Å². The molecule has 0 radical (unpaired) electrons. The van der Waals surface area contributed by atoms with E-state index in [0.29, 0.717) is 13.2 Å². The highest BCUT2D eigenvalue weighted by Gasteiger charge is 2.28. The minimum Gasteiger partial charge on any atom is -0.379 e. The van der Waals surface area contributed by atoms with Crippen molar-refractivity contribution in [2.45, 2.75) is 17.9 Å². The number of hydrogen-bond donors (Lipinski definition) is 1. The lowest BCUT2D eigenvalue weighted by Crippen LogP contribution is -2.40. The number of sulfonamides is 1. The van der Waals surface area contributed by atoms with E-state index in [1.165, 1.54) is 22.5 Å². The molecule has 4 rings (SSSR count). The van der Waals surface area contributed by atoms with Crippen LogP contribution in [0.25, 0.3) is 0 Å². The lowest BCUT2D eigenvalue weighted by atomic mass is 9.97. The predicted octanol–water partition coefficient (Wildman–Crippen LogP) is 4.19. The largest absolute Gasteiger partial charge is 0.379 e. The van der Waals surface area contributed by atoms with Gasteiger partial charge in [0.05, 0.1) is 34.7 Å². The van der Waals surface area contributed by atoms with Gasteiger partial charge in [0.1, 0.15) is 0 Å². The maximum Gasteiger partial charge on any atom is 0.253 e. The van der Waals surface area contributed by atoms with Crippen LogP contribution in [0.2, 0.25) is 5.02 Å². The molecule has 6 nitrogen and oxygen atoms in total. The molecule has 3 aromatic rings. The fourth-order valence-electron chi connectivity index (χ4n) is 3.75. The van der Waals surface area contributed by atoms with Gasteiger partial charge in [-0.2, -0.15) is 4.31 Å². The molecule has 0 unspecified atom stereocenters. The zero-order valence-electron chi connectivity index (χ0n) is 18.2. The van der Waals surface area contributed by atoms with Crippen LogP contribution in [0.5, 0.6) is 0 Å². The van der Waals surface area contributed by atoms with Gasteiger partial charge in [0.2, 0.25) is 10.0 Å². The molecule has 1 aliphatic rings. The number of amides is 1. The van der Waals surface area contributed by atoms with Crippen LogP contribution in [-0.2, 0) is 14.8 Å². The molecule has 172 valence electrons. The summed E-state index contributed by atoms with van der Waals surface area (Å²) in [7, 11) is -3.76. The second-order valence-corrected chi connectivity index (χ2v) is 10.2. The van der Waals surface area contributed by atoms with E-state index in [0.717, 1.165) is 16.7 Å². The Morgan fingerprint density at radius 2 is 1.61 bits per heavy atom. The van der Waals surface area contributed by atoms with Crippen LogP contribution < -0.4 is 5.32 Å². The first-order chi connectivity index (χ1) is 15.9. The van der Waals surface area contributed by atoms with E-state index < -0.39 is 22.0 Å². The van der Waals surface area contributed by atoms with Gasteiger partial charge in [-0.3, -0.25) is 4.79 Å². The maximum atomic E-state index is 13.3. The zero-order valence-corrected chi connectivity index (χ0v) is 19.8. The van der Waals surface area contributed by atoms with Gasteiger partial charge >= 0.3 is 0 Å². The molecule has 0 aromatic heterocycles. The molecule has 8 heteroatoms. The highest BCUT2D eigenvalue weighted by atomic mass is 35.5. The van der Waals surface area contributed by atoms with Crippen LogP contribution in [-0.4, -0.2) is 44.9 Å². The monoisotopic (exact) mass is 484 g/mol. The van der Waals surface area contributed by atoms with Crippen LogP contribution in [0.15, 0.2) is 77.7 Å². The predicted molar refractivity (Wildman–Crippen MR) is 128 cm³/mol. The molecule has 1 fully saturated rings. The number of morpholine rings is 1. The molecule has 1 saturated heterocycles. The molecule has 1 N–H and O–H groups in total. The molecular formula is C25H25ClN2O4S. The van der Waals surface area contributed by atoms with Crippen molar-refractivity contribution >= 4 is 27.5 Å². The Morgan fingerprint density at radius 1 is 0.970 bits per heavy atom. The van der Waals surface area contributed by atoms with Crippen LogP contribution in [0.1, 0.15) is 33.1 Å². The van der Waals surface area contributed by atoms with Gasteiger partial charge in [0, 0.05) is 13.1 Å². The number of hydrogen-bond acceptors (Lipinski definition) is 4. The summed E-state index contributed by atoms with van der Waals surface area (Å²) >= 11 is 6.33. The summed E-state index contributed by atoms with van der Waals surface area (Å²) in [6, 6.07) is 21.3. The number of rotatable bonds is 6. The molecular weight excluding hydrogens is 460 g/mol. The summed E-state index contributed by atoms with van der Waals surface area (Å²) in [5.41, 5.74) is 3.04. The van der Waals surface area contributed by atoms with E-state index in [1.807, 2.05) is 61.5 Å². The number of ether oxygens (including phenoxy) is 1. The number of benzene rings is 3. The van der Waals surface area contributed by atoms with Gasteiger partial charge < -0.3 is 10.1 Å². The van der Waals surface area contributed by atoms with Crippen LogP contribution >= 0.6 is 11.6 Å². The lowest BCUT2D eigenvalue weighted by Gasteiger charge is -2.26. The number of nitrogens with zero attached hydrogens (tertiary/aromatic N) is 1. The Kier molecular flexibility index (Phi) is 7.14. The maximum absolute atomic E-state index is 13.3. The van der Waals surface area contributed by atoms with Crippen molar-refractivity contribution in [1.82, 2.24) is 9.62 Å². The van der Waals surface area contributed by atoms with E-state index in [-0.39, 0.29) is 28.6 Å². The molecule has 1 amide bonds. The second kappa shape index (κ2) is 10.1. The summed E-state index contributed by atoms with van der Waals surface area (Å²) in [5, 5.41) is 3.22. The molecule has 1 atom stereocenters. The summed E-state index contributed by atoms with van der Waals surface area (Å²) < 4.78 is 32.7. The molecule has 0 aliphatic carbocycles. The number of halogens is 1. The molecule has 1 heterocycles. The third-order valence-corrected chi connectivity index (χ3v) is 7.83. The Labute approximate surface area is 199 Å². The highest BCUT2D eigenvalue weighted by Crippen LogP contribution is 2.27. The molecule has 3 aromatic carbocycles. The molecule has 0 saturated carbocycles. The van der Waals surface area contributed by atoms with Crippen molar-refractivity contribution in [3.63, 3.8) is 0 Å². The topological polar surface area (TPSA) is 75.7 Å². The first kappa shape index (κ1) is 23.4. The highest BCUT2D eigenvalue weighted by molar-refractivity contribution is 7.89. The molecule has 0 bridgehead atoms. The van der Waals surface area contributed by atoms with E-state index in [1.54, 1.807) is 0 Å². The zero-order chi connectivity index (χ0) is 23.4. The molecule has 0 spiro atoms. The minimum atomic E-state index is -3.76. The summed E-state index contributed by atoms with van der Waals surface area (Å²) in [6.45, 7) is 3.23. The number of aryl methyl sites for hydroxylation is 1. The SMILES string of the molecule is Cc1ccc([C@@H](NC(=O)c2cc(S(=O)(=O)N3CCOCC3)ccc2Cl)c2ccccc2)cc1. The fraction of sp³-hybridized carbons (Fsp3) is 0.240. The standard InChI is InChI=1S/C25H25ClN2O4S/c1-18-7-9-20(10-8-18)24(19-5-3-2-4-6-19)27-25(29)22-17-21(11-12-23(22)26)33(30,31)28-13-15-32-16-14-28/h2-12,17,24H,13-16H2,1H3,(H,27,29)/t24-/m0/s1. The fourth-order valence-corrected chi connectivity index (χ4v) is 5.39. The average molecular weight is 485 g/mol. The number of carbonyl (C=O) groups is 1. The Balaban J connectivity index is 1.66. The van der Waals surface area contributed by atoms with Crippen molar-refractivity contribution in [2.24, 2.45) is 0 Å². The van der Waals surface area contributed by atoms with Crippen molar-refractivity contribution < 1.29 is 17.9 Å². The average Bonchev–Trinajstić information content (AvgIpc) is 2.84. The van der Waals surface area contributed by atoms with Gasteiger partial charge in [-0.1, -0.05) is 71.8 Å².